The van der Waals surface area contributed by atoms with Crippen molar-refractivity contribution in [3.05, 3.63) is 54.0 Å². The number of hydrogen-bond donors (Lipinski definition) is 2. The molecule has 2 N–H and O–H groups in total. The summed E-state index contributed by atoms with van der Waals surface area (Å²) in [6.07, 6.45) is 4.04. The molecule has 2 aromatic heterocycles. The summed E-state index contributed by atoms with van der Waals surface area (Å²) >= 11 is 0. The van der Waals surface area contributed by atoms with Crippen molar-refractivity contribution in [1.82, 2.24) is 25.1 Å². The standard InChI is InChI=1S/C26H30N6O2/c1-16-26(17(2)32(31-16)20-7-9-27-10-8-20)25-15-28-23-6-5-18(13-24(23)30-25)29-19-11-21(33-3)14-22(12-19)34-4/h5-6,11-15,20,27,29H,7-10H2,1-4H3. The van der Waals surface area contributed by atoms with E-state index in [1.807, 2.05) is 42.6 Å². The quantitative estimate of drug-likeness (QED) is 0.429. The Bertz CT molecular complexity index is 1300. The highest BCUT2D eigenvalue weighted by molar-refractivity contribution is 5.82. The maximum absolute atomic E-state index is 5.38. The van der Waals surface area contributed by atoms with Crippen molar-refractivity contribution >= 4 is 22.4 Å². The number of anilines is 2. The second-order valence-electron chi connectivity index (χ2n) is 8.66. The topological polar surface area (TPSA) is 86.1 Å². The molecule has 3 heterocycles. The average Bonchev–Trinajstić information content (AvgIpc) is 3.17. The lowest BCUT2D eigenvalue weighted by molar-refractivity contribution is 0.337. The molecule has 1 aliphatic heterocycles. The first-order valence-electron chi connectivity index (χ1n) is 11.6. The van der Waals surface area contributed by atoms with E-state index in [0.717, 1.165) is 82.5 Å². The predicted octanol–water partition coefficient (Wildman–Crippen LogP) is 4.80. The molecule has 34 heavy (non-hydrogen) atoms. The van der Waals surface area contributed by atoms with Gasteiger partial charge in [0.05, 0.1) is 48.9 Å². The lowest BCUT2D eigenvalue weighted by atomic mass is 10.1. The molecule has 0 spiro atoms. The van der Waals surface area contributed by atoms with Gasteiger partial charge in [-0.05, 0) is 58.0 Å². The number of nitrogens with zero attached hydrogens (tertiary/aromatic N) is 4. The van der Waals surface area contributed by atoms with Crippen molar-refractivity contribution in [2.75, 3.05) is 32.6 Å². The number of benzene rings is 2. The highest BCUT2D eigenvalue weighted by atomic mass is 16.5. The van der Waals surface area contributed by atoms with E-state index in [0.29, 0.717) is 6.04 Å². The van der Waals surface area contributed by atoms with Crippen molar-refractivity contribution < 1.29 is 9.47 Å². The molecule has 176 valence electrons. The van der Waals surface area contributed by atoms with Crippen LogP contribution < -0.4 is 20.1 Å². The van der Waals surface area contributed by atoms with Crippen LogP contribution in [0.2, 0.25) is 0 Å². The molecule has 0 atom stereocenters. The number of ether oxygens (including phenoxy) is 2. The lowest BCUT2D eigenvalue weighted by Crippen LogP contribution is -2.30. The summed E-state index contributed by atoms with van der Waals surface area (Å²) in [5.41, 5.74) is 7.51. The maximum Gasteiger partial charge on any atom is 0.124 e. The minimum atomic E-state index is 0.428. The highest BCUT2D eigenvalue weighted by Crippen LogP contribution is 2.32. The third-order valence-corrected chi connectivity index (χ3v) is 6.42. The van der Waals surface area contributed by atoms with Crippen LogP contribution in [-0.2, 0) is 0 Å². The maximum atomic E-state index is 5.38. The predicted molar refractivity (Wildman–Crippen MR) is 134 cm³/mol. The molecule has 4 aromatic rings. The van der Waals surface area contributed by atoms with Crippen LogP contribution in [0.15, 0.2) is 42.6 Å². The van der Waals surface area contributed by atoms with Gasteiger partial charge in [0.15, 0.2) is 0 Å². The summed E-state index contributed by atoms with van der Waals surface area (Å²) in [5.74, 6) is 1.45. The fourth-order valence-electron chi connectivity index (χ4n) is 4.70. The molecule has 5 rings (SSSR count). The number of aryl methyl sites for hydroxylation is 1. The first kappa shape index (κ1) is 22.2. The molecule has 2 aromatic carbocycles. The molecule has 0 radical (unpaired) electrons. The van der Waals surface area contributed by atoms with Gasteiger partial charge in [0.1, 0.15) is 11.5 Å². The summed E-state index contributed by atoms with van der Waals surface area (Å²) in [6.45, 7) is 6.25. The van der Waals surface area contributed by atoms with Gasteiger partial charge in [-0.25, -0.2) is 4.98 Å². The average molecular weight is 459 g/mol. The Balaban J connectivity index is 1.48. The van der Waals surface area contributed by atoms with E-state index in [2.05, 4.69) is 34.1 Å². The largest absolute Gasteiger partial charge is 0.497 e. The van der Waals surface area contributed by atoms with Gasteiger partial charge in [-0.3, -0.25) is 9.67 Å². The fraction of sp³-hybridized carbons (Fsp3) is 0.346. The van der Waals surface area contributed by atoms with Crippen molar-refractivity contribution in [1.29, 1.82) is 0 Å². The Morgan fingerprint density at radius 2 is 1.68 bits per heavy atom. The number of methoxy groups -OCH3 is 2. The Morgan fingerprint density at radius 1 is 0.941 bits per heavy atom. The Labute approximate surface area is 199 Å². The van der Waals surface area contributed by atoms with E-state index in [4.69, 9.17) is 19.6 Å². The summed E-state index contributed by atoms with van der Waals surface area (Å²) in [6, 6.07) is 12.1. The first-order valence-corrected chi connectivity index (χ1v) is 11.6. The van der Waals surface area contributed by atoms with E-state index in [1.54, 1.807) is 14.2 Å². The number of hydrogen-bond acceptors (Lipinski definition) is 7. The van der Waals surface area contributed by atoms with E-state index in [-0.39, 0.29) is 0 Å². The van der Waals surface area contributed by atoms with E-state index in [9.17, 15) is 0 Å². The minimum Gasteiger partial charge on any atom is -0.497 e. The Morgan fingerprint density at radius 3 is 2.38 bits per heavy atom. The van der Waals surface area contributed by atoms with Crippen molar-refractivity contribution in [3.8, 4) is 22.8 Å². The number of piperidine rings is 1. The Hall–Kier alpha value is -3.65. The van der Waals surface area contributed by atoms with Crippen LogP contribution in [-0.4, -0.2) is 47.1 Å². The van der Waals surface area contributed by atoms with Crippen LogP contribution in [0, 0.1) is 13.8 Å². The van der Waals surface area contributed by atoms with E-state index in [1.165, 1.54) is 0 Å². The third-order valence-electron chi connectivity index (χ3n) is 6.42. The molecule has 0 aliphatic carbocycles. The smallest absolute Gasteiger partial charge is 0.124 e. The van der Waals surface area contributed by atoms with Crippen LogP contribution >= 0.6 is 0 Å². The zero-order valence-corrected chi connectivity index (χ0v) is 20.1. The molecule has 1 aliphatic rings. The molecule has 1 fully saturated rings. The zero-order chi connectivity index (χ0) is 23.7. The SMILES string of the molecule is COc1cc(Nc2ccc3ncc(-c4c(C)nn(C5CCNCC5)c4C)nc3c2)cc(OC)c1. The van der Waals surface area contributed by atoms with E-state index >= 15 is 0 Å². The monoisotopic (exact) mass is 458 g/mol. The molecule has 8 heteroatoms. The molecule has 1 saturated heterocycles. The first-order chi connectivity index (χ1) is 16.6. The van der Waals surface area contributed by atoms with Gasteiger partial charge in [0.25, 0.3) is 0 Å². The summed E-state index contributed by atoms with van der Waals surface area (Å²) < 4.78 is 13.0. The molecule has 0 unspecified atom stereocenters. The van der Waals surface area contributed by atoms with Gasteiger partial charge in [-0.15, -0.1) is 0 Å². The third kappa shape index (κ3) is 4.28. The summed E-state index contributed by atoms with van der Waals surface area (Å²) in [4.78, 5) is 9.66. The minimum absolute atomic E-state index is 0.428. The van der Waals surface area contributed by atoms with Crippen LogP contribution in [0.1, 0.15) is 30.3 Å². The molecule has 0 saturated carbocycles. The Kier molecular flexibility index (Phi) is 6.06. The fourth-order valence-corrected chi connectivity index (χ4v) is 4.70. The van der Waals surface area contributed by atoms with Gasteiger partial charge in [0.2, 0.25) is 0 Å². The molecular weight excluding hydrogens is 428 g/mol. The van der Waals surface area contributed by atoms with Crippen LogP contribution in [0.5, 0.6) is 11.5 Å². The summed E-state index contributed by atoms with van der Waals surface area (Å²) in [7, 11) is 3.28. The summed E-state index contributed by atoms with van der Waals surface area (Å²) in [5, 5.41) is 11.7. The van der Waals surface area contributed by atoms with Gasteiger partial charge in [-0.1, -0.05) is 0 Å². The van der Waals surface area contributed by atoms with Crippen molar-refractivity contribution in [3.63, 3.8) is 0 Å². The second-order valence-corrected chi connectivity index (χ2v) is 8.66. The number of aromatic nitrogens is 4. The second kappa shape index (κ2) is 9.30. The number of fused-ring (bicyclic) bond motifs is 1. The van der Waals surface area contributed by atoms with Crippen molar-refractivity contribution in [2.45, 2.75) is 32.7 Å². The van der Waals surface area contributed by atoms with Gasteiger partial charge >= 0.3 is 0 Å². The lowest BCUT2D eigenvalue weighted by Gasteiger charge is -2.24. The van der Waals surface area contributed by atoms with Crippen LogP contribution in [0.25, 0.3) is 22.3 Å². The van der Waals surface area contributed by atoms with Crippen LogP contribution in [0.4, 0.5) is 11.4 Å². The normalized spacial score (nSPS) is 14.4. The molecule has 0 bridgehead atoms. The highest BCUT2D eigenvalue weighted by Gasteiger charge is 2.22. The zero-order valence-electron chi connectivity index (χ0n) is 20.1. The number of rotatable bonds is 6. The van der Waals surface area contributed by atoms with E-state index < -0.39 is 0 Å². The van der Waals surface area contributed by atoms with Gasteiger partial charge in [0, 0.05) is 40.8 Å². The van der Waals surface area contributed by atoms with Crippen molar-refractivity contribution in [2.24, 2.45) is 0 Å². The van der Waals surface area contributed by atoms with Gasteiger partial charge < -0.3 is 20.1 Å². The number of nitrogens with one attached hydrogen (secondary N) is 2. The molecule has 8 nitrogen and oxygen atoms in total. The molecular formula is C26H30N6O2. The van der Waals surface area contributed by atoms with Gasteiger partial charge in [-0.2, -0.15) is 5.10 Å². The van der Waals surface area contributed by atoms with Crippen LogP contribution in [0.3, 0.4) is 0 Å². The molecule has 0 amide bonds.